The Kier molecular flexibility index (Phi) is 4.95. The van der Waals surface area contributed by atoms with E-state index in [4.69, 9.17) is 15.7 Å². The SMILES string of the molecule is CC1(C(=O)Nc2ccc(OC/C(N)=N/O)cc2)CCCS1. The lowest BCUT2D eigenvalue weighted by atomic mass is 10.0. The van der Waals surface area contributed by atoms with Crippen LogP contribution in [-0.4, -0.2) is 34.1 Å². The van der Waals surface area contributed by atoms with Gasteiger partial charge in [0.2, 0.25) is 5.91 Å². The number of rotatable bonds is 5. The van der Waals surface area contributed by atoms with Crippen LogP contribution in [0.1, 0.15) is 19.8 Å². The van der Waals surface area contributed by atoms with Gasteiger partial charge in [0, 0.05) is 5.69 Å². The zero-order valence-electron chi connectivity index (χ0n) is 11.8. The second-order valence-electron chi connectivity index (χ2n) is 5.04. The summed E-state index contributed by atoms with van der Waals surface area (Å²) >= 11 is 1.70. The minimum absolute atomic E-state index is 0.00133. The number of amidine groups is 1. The molecule has 1 fully saturated rings. The Hall–Kier alpha value is -1.89. The highest BCUT2D eigenvalue weighted by atomic mass is 32.2. The number of hydrogen-bond donors (Lipinski definition) is 3. The number of benzene rings is 1. The van der Waals surface area contributed by atoms with Gasteiger partial charge >= 0.3 is 0 Å². The molecule has 1 aromatic rings. The molecule has 114 valence electrons. The molecule has 1 amide bonds. The van der Waals surface area contributed by atoms with E-state index in [1.807, 2.05) is 6.92 Å². The van der Waals surface area contributed by atoms with Crippen molar-refractivity contribution >= 4 is 29.2 Å². The van der Waals surface area contributed by atoms with E-state index < -0.39 is 0 Å². The van der Waals surface area contributed by atoms with Crippen LogP contribution >= 0.6 is 11.8 Å². The Bertz CT molecular complexity index is 525. The smallest absolute Gasteiger partial charge is 0.240 e. The first-order chi connectivity index (χ1) is 10.0. The van der Waals surface area contributed by atoms with Crippen molar-refractivity contribution in [1.29, 1.82) is 0 Å². The number of nitrogens with zero attached hydrogens (tertiary/aromatic N) is 1. The number of nitrogens with two attached hydrogens (primary N) is 1. The Morgan fingerprint density at radius 1 is 1.52 bits per heavy atom. The molecule has 1 aliphatic heterocycles. The van der Waals surface area contributed by atoms with E-state index in [2.05, 4.69) is 10.5 Å². The van der Waals surface area contributed by atoms with Crippen LogP contribution in [0.25, 0.3) is 0 Å². The van der Waals surface area contributed by atoms with E-state index >= 15 is 0 Å². The predicted octanol–water partition coefficient (Wildman–Crippen LogP) is 2.04. The summed E-state index contributed by atoms with van der Waals surface area (Å²) in [6.45, 7) is 1.99. The molecule has 6 nitrogen and oxygen atoms in total. The Balaban J connectivity index is 1.91. The van der Waals surface area contributed by atoms with Crippen LogP contribution in [0.15, 0.2) is 29.4 Å². The van der Waals surface area contributed by atoms with Gasteiger partial charge < -0.3 is 21.0 Å². The average Bonchev–Trinajstić information content (AvgIpc) is 2.94. The summed E-state index contributed by atoms with van der Waals surface area (Å²) in [6.07, 6.45) is 1.99. The zero-order chi connectivity index (χ0) is 15.3. The van der Waals surface area contributed by atoms with Gasteiger partial charge in [0.1, 0.15) is 12.4 Å². The number of thioether (sulfide) groups is 1. The third-order valence-electron chi connectivity index (χ3n) is 3.33. The van der Waals surface area contributed by atoms with Gasteiger partial charge in [-0.3, -0.25) is 4.79 Å². The Labute approximate surface area is 127 Å². The molecule has 1 heterocycles. The molecule has 7 heteroatoms. The molecule has 1 unspecified atom stereocenters. The average molecular weight is 309 g/mol. The first kappa shape index (κ1) is 15.5. The normalized spacial score (nSPS) is 22.0. The molecule has 0 aromatic heterocycles. The fourth-order valence-electron chi connectivity index (χ4n) is 2.04. The lowest BCUT2D eigenvalue weighted by Crippen LogP contribution is -2.34. The minimum Gasteiger partial charge on any atom is -0.486 e. The van der Waals surface area contributed by atoms with Crippen molar-refractivity contribution in [2.45, 2.75) is 24.5 Å². The molecule has 4 N–H and O–H groups in total. The Morgan fingerprint density at radius 2 is 2.24 bits per heavy atom. The lowest BCUT2D eigenvalue weighted by molar-refractivity contribution is -0.118. The molecule has 0 radical (unpaired) electrons. The van der Waals surface area contributed by atoms with E-state index in [1.165, 1.54) is 0 Å². The molecular formula is C14H19N3O3S. The highest BCUT2D eigenvalue weighted by molar-refractivity contribution is 8.01. The van der Waals surface area contributed by atoms with Gasteiger partial charge in [-0.1, -0.05) is 5.16 Å². The van der Waals surface area contributed by atoms with Crippen LogP contribution in [-0.2, 0) is 4.79 Å². The highest BCUT2D eigenvalue weighted by Gasteiger charge is 2.37. The summed E-state index contributed by atoms with van der Waals surface area (Å²) < 4.78 is 4.97. The van der Waals surface area contributed by atoms with Crippen molar-refractivity contribution in [2.24, 2.45) is 10.9 Å². The second-order valence-corrected chi connectivity index (χ2v) is 6.64. The van der Waals surface area contributed by atoms with E-state index in [1.54, 1.807) is 36.0 Å². The van der Waals surface area contributed by atoms with Gasteiger partial charge in [-0.15, -0.1) is 11.8 Å². The fraction of sp³-hybridized carbons (Fsp3) is 0.429. The van der Waals surface area contributed by atoms with Crippen LogP contribution in [0.4, 0.5) is 5.69 Å². The molecule has 0 saturated carbocycles. The summed E-state index contributed by atoms with van der Waals surface area (Å²) in [5, 5.41) is 14.2. The van der Waals surface area contributed by atoms with E-state index in [-0.39, 0.29) is 23.1 Å². The molecule has 21 heavy (non-hydrogen) atoms. The fourth-order valence-corrected chi connectivity index (χ4v) is 3.25. The molecule has 0 bridgehead atoms. The van der Waals surface area contributed by atoms with E-state index in [0.29, 0.717) is 5.75 Å². The third kappa shape index (κ3) is 4.04. The highest BCUT2D eigenvalue weighted by Crippen LogP contribution is 2.38. The first-order valence-electron chi connectivity index (χ1n) is 6.68. The van der Waals surface area contributed by atoms with E-state index in [0.717, 1.165) is 24.3 Å². The van der Waals surface area contributed by atoms with E-state index in [9.17, 15) is 4.79 Å². The van der Waals surface area contributed by atoms with Crippen molar-refractivity contribution in [3.8, 4) is 5.75 Å². The van der Waals surface area contributed by atoms with Crippen molar-refractivity contribution < 1.29 is 14.7 Å². The largest absolute Gasteiger partial charge is 0.486 e. The van der Waals surface area contributed by atoms with Crippen LogP contribution in [0.3, 0.4) is 0 Å². The van der Waals surface area contributed by atoms with Gasteiger partial charge in [-0.05, 0) is 49.8 Å². The number of nitrogens with one attached hydrogen (secondary N) is 1. The second kappa shape index (κ2) is 6.71. The number of ether oxygens (including phenoxy) is 1. The van der Waals surface area contributed by atoms with Crippen molar-refractivity contribution in [3.05, 3.63) is 24.3 Å². The van der Waals surface area contributed by atoms with Gasteiger partial charge in [0.05, 0.1) is 4.75 Å². The molecule has 0 aliphatic carbocycles. The maximum Gasteiger partial charge on any atom is 0.240 e. The lowest BCUT2D eigenvalue weighted by Gasteiger charge is -2.21. The maximum atomic E-state index is 12.3. The molecule has 0 spiro atoms. The van der Waals surface area contributed by atoms with Gasteiger partial charge in [-0.2, -0.15) is 0 Å². The minimum atomic E-state index is -0.332. The van der Waals surface area contributed by atoms with Crippen LogP contribution in [0.5, 0.6) is 5.75 Å². The molecule has 1 atom stereocenters. The molecule has 1 aromatic carbocycles. The molecule has 1 saturated heterocycles. The van der Waals surface area contributed by atoms with Crippen LogP contribution in [0, 0.1) is 0 Å². The Morgan fingerprint density at radius 3 is 2.81 bits per heavy atom. The zero-order valence-corrected chi connectivity index (χ0v) is 12.7. The van der Waals surface area contributed by atoms with Crippen molar-refractivity contribution in [1.82, 2.24) is 0 Å². The standard InChI is InChI=1S/C14H19N3O3S/c1-14(7-2-8-21-14)13(18)16-10-3-5-11(6-4-10)20-9-12(15)17-19/h3-6,19H,2,7-9H2,1H3,(H2,15,17)(H,16,18). The summed E-state index contributed by atoms with van der Waals surface area (Å²) in [4.78, 5) is 12.3. The summed E-state index contributed by atoms with van der Waals surface area (Å²) in [6, 6.07) is 6.99. The summed E-state index contributed by atoms with van der Waals surface area (Å²) in [5.74, 6) is 1.65. The summed E-state index contributed by atoms with van der Waals surface area (Å²) in [7, 11) is 0. The van der Waals surface area contributed by atoms with Crippen LogP contribution in [0.2, 0.25) is 0 Å². The molecule has 1 aliphatic rings. The molecule has 2 rings (SSSR count). The van der Waals surface area contributed by atoms with Gasteiger partial charge in [0.25, 0.3) is 0 Å². The number of anilines is 1. The van der Waals surface area contributed by atoms with Gasteiger partial charge in [0.15, 0.2) is 5.84 Å². The summed E-state index contributed by atoms with van der Waals surface area (Å²) in [5.41, 5.74) is 6.04. The quantitative estimate of drug-likeness (QED) is 0.335. The first-order valence-corrected chi connectivity index (χ1v) is 7.67. The third-order valence-corrected chi connectivity index (χ3v) is 4.85. The topological polar surface area (TPSA) is 96.9 Å². The number of carbonyl (C=O) groups is 1. The number of oxime groups is 1. The van der Waals surface area contributed by atoms with Gasteiger partial charge in [-0.25, -0.2) is 0 Å². The number of carbonyl (C=O) groups excluding carboxylic acids is 1. The maximum absolute atomic E-state index is 12.3. The number of hydrogen-bond acceptors (Lipinski definition) is 5. The van der Waals surface area contributed by atoms with Crippen LogP contribution < -0.4 is 15.8 Å². The van der Waals surface area contributed by atoms with Crippen molar-refractivity contribution in [2.75, 3.05) is 17.7 Å². The predicted molar refractivity (Wildman–Crippen MR) is 84.1 cm³/mol. The number of amides is 1. The monoisotopic (exact) mass is 309 g/mol. The van der Waals surface area contributed by atoms with Crippen molar-refractivity contribution in [3.63, 3.8) is 0 Å². The molecular weight excluding hydrogens is 290 g/mol.